The molecule has 8 nitrogen and oxygen atoms in total. The molecule has 0 radical (unpaired) electrons. The summed E-state index contributed by atoms with van der Waals surface area (Å²) in [5.74, 6) is 1.02. The maximum Gasteiger partial charge on any atom is 0.241 e. The highest BCUT2D eigenvalue weighted by molar-refractivity contribution is 7.99. The smallest absolute Gasteiger partial charge is 0.241 e. The standard InChI is InChI=1S/C12H14N6O2S/c1-18(2)8-6-9(19)17-7-10(20-3)14-5-16-12(7)21-11(6)15-4-13-8/h4-5,9,17,19H,1-3H3/t9-/m0/s1. The van der Waals surface area contributed by atoms with Crippen molar-refractivity contribution in [3.05, 3.63) is 18.2 Å². The number of fused-ring (bicyclic) bond motifs is 2. The van der Waals surface area contributed by atoms with E-state index < -0.39 is 6.23 Å². The van der Waals surface area contributed by atoms with Gasteiger partial charge in [0, 0.05) is 14.1 Å². The van der Waals surface area contributed by atoms with Gasteiger partial charge < -0.3 is 20.1 Å². The SMILES string of the molecule is COc1ncnc2c1N[C@@H](O)c1c(ncnc1N(C)C)S2. The van der Waals surface area contributed by atoms with Crippen molar-refractivity contribution in [1.82, 2.24) is 19.9 Å². The van der Waals surface area contributed by atoms with Gasteiger partial charge in [-0.25, -0.2) is 15.0 Å². The van der Waals surface area contributed by atoms with Crippen LogP contribution in [0.2, 0.25) is 0 Å². The summed E-state index contributed by atoms with van der Waals surface area (Å²) in [5.41, 5.74) is 1.15. The van der Waals surface area contributed by atoms with E-state index in [9.17, 15) is 5.11 Å². The number of aromatic nitrogens is 4. The molecule has 0 saturated heterocycles. The van der Waals surface area contributed by atoms with Crippen molar-refractivity contribution in [2.45, 2.75) is 16.3 Å². The first-order valence-corrected chi connectivity index (χ1v) is 6.97. The average Bonchev–Trinajstić information content (AvgIpc) is 2.62. The van der Waals surface area contributed by atoms with Crippen LogP contribution in [0.3, 0.4) is 0 Å². The molecule has 1 atom stereocenters. The van der Waals surface area contributed by atoms with E-state index in [0.29, 0.717) is 33.0 Å². The zero-order chi connectivity index (χ0) is 15.0. The summed E-state index contributed by atoms with van der Waals surface area (Å²) in [5, 5.41) is 14.8. The van der Waals surface area contributed by atoms with Gasteiger partial charge in [-0.3, -0.25) is 0 Å². The molecular weight excluding hydrogens is 292 g/mol. The third-order valence-corrected chi connectivity index (χ3v) is 3.99. The largest absolute Gasteiger partial charge is 0.479 e. The molecular formula is C12H14N6O2S. The molecule has 0 amide bonds. The maximum absolute atomic E-state index is 10.5. The number of hydrogen-bond donors (Lipinski definition) is 2. The molecule has 2 aromatic heterocycles. The molecule has 9 heteroatoms. The zero-order valence-electron chi connectivity index (χ0n) is 11.7. The molecule has 0 aromatic carbocycles. The van der Waals surface area contributed by atoms with Gasteiger partial charge in [0.2, 0.25) is 5.88 Å². The molecule has 3 rings (SSSR count). The molecule has 1 aliphatic rings. The van der Waals surface area contributed by atoms with Crippen molar-refractivity contribution in [3.63, 3.8) is 0 Å². The van der Waals surface area contributed by atoms with Crippen molar-refractivity contribution in [3.8, 4) is 5.88 Å². The van der Waals surface area contributed by atoms with E-state index in [-0.39, 0.29) is 0 Å². The van der Waals surface area contributed by atoms with Crippen LogP contribution >= 0.6 is 11.8 Å². The van der Waals surface area contributed by atoms with Crippen LogP contribution in [0, 0.1) is 0 Å². The fraction of sp³-hybridized carbons (Fsp3) is 0.333. The number of ether oxygens (including phenoxy) is 1. The van der Waals surface area contributed by atoms with E-state index in [2.05, 4.69) is 25.3 Å². The molecule has 21 heavy (non-hydrogen) atoms. The summed E-state index contributed by atoms with van der Waals surface area (Å²) in [6, 6.07) is 0. The minimum Gasteiger partial charge on any atom is -0.479 e. The maximum atomic E-state index is 10.5. The van der Waals surface area contributed by atoms with E-state index in [1.54, 1.807) is 0 Å². The molecule has 0 fully saturated rings. The Kier molecular flexibility index (Phi) is 3.52. The number of rotatable bonds is 2. The number of nitrogens with one attached hydrogen (secondary N) is 1. The monoisotopic (exact) mass is 306 g/mol. The second-order valence-electron chi connectivity index (χ2n) is 4.52. The van der Waals surface area contributed by atoms with Crippen LogP contribution in [0.1, 0.15) is 11.8 Å². The Balaban J connectivity index is 2.16. The van der Waals surface area contributed by atoms with E-state index in [1.807, 2.05) is 19.0 Å². The summed E-state index contributed by atoms with van der Waals surface area (Å²) in [6.45, 7) is 0. The van der Waals surface area contributed by atoms with Crippen molar-refractivity contribution < 1.29 is 9.84 Å². The van der Waals surface area contributed by atoms with E-state index >= 15 is 0 Å². The molecule has 0 unspecified atom stereocenters. The second-order valence-corrected chi connectivity index (χ2v) is 5.50. The van der Waals surface area contributed by atoms with Crippen molar-refractivity contribution in [2.75, 3.05) is 31.4 Å². The molecule has 3 heterocycles. The van der Waals surface area contributed by atoms with Crippen molar-refractivity contribution >= 4 is 23.3 Å². The van der Waals surface area contributed by atoms with Gasteiger partial charge in [-0.05, 0) is 11.8 Å². The number of aliphatic hydroxyl groups is 1. The first-order valence-electron chi connectivity index (χ1n) is 6.15. The van der Waals surface area contributed by atoms with Crippen LogP contribution in [-0.2, 0) is 0 Å². The Morgan fingerprint density at radius 2 is 1.90 bits per heavy atom. The van der Waals surface area contributed by atoms with Crippen LogP contribution in [0.4, 0.5) is 11.5 Å². The number of hydrogen-bond acceptors (Lipinski definition) is 9. The molecule has 0 aliphatic carbocycles. The fourth-order valence-corrected chi connectivity index (χ4v) is 3.00. The third kappa shape index (κ3) is 2.34. The van der Waals surface area contributed by atoms with Crippen LogP contribution in [0.25, 0.3) is 0 Å². The molecule has 0 bridgehead atoms. The predicted octanol–water partition coefficient (Wildman–Crippen LogP) is 0.909. The van der Waals surface area contributed by atoms with E-state index in [4.69, 9.17) is 4.74 Å². The van der Waals surface area contributed by atoms with Gasteiger partial charge in [-0.2, -0.15) is 4.98 Å². The Labute approximate surface area is 125 Å². The number of anilines is 2. The van der Waals surface area contributed by atoms with E-state index in [1.165, 1.54) is 31.5 Å². The first kappa shape index (κ1) is 13.8. The Bertz CT molecular complexity index is 681. The van der Waals surface area contributed by atoms with Crippen LogP contribution in [-0.4, -0.2) is 46.2 Å². The molecule has 2 N–H and O–H groups in total. The predicted molar refractivity (Wildman–Crippen MR) is 77.6 cm³/mol. The topological polar surface area (TPSA) is 96.3 Å². The first-order chi connectivity index (χ1) is 10.1. The highest BCUT2D eigenvalue weighted by Gasteiger charge is 2.28. The highest BCUT2D eigenvalue weighted by atomic mass is 32.2. The Hall–Kier alpha value is -2.13. The van der Waals surface area contributed by atoms with Gasteiger partial charge >= 0.3 is 0 Å². The zero-order valence-corrected chi connectivity index (χ0v) is 12.5. The van der Waals surface area contributed by atoms with Gasteiger partial charge in [0.15, 0.2) is 6.23 Å². The van der Waals surface area contributed by atoms with Crippen LogP contribution < -0.4 is 15.0 Å². The summed E-state index contributed by atoms with van der Waals surface area (Å²) in [7, 11) is 5.24. The lowest BCUT2D eigenvalue weighted by Gasteiger charge is -2.20. The van der Waals surface area contributed by atoms with Gasteiger partial charge in [0.05, 0.1) is 12.7 Å². The fourth-order valence-electron chi connectivity index (χ4n) is 2.06. The van der Waals surface area contributed by atoms with Gasteiger partial charge in [0.25, 0.3) is 0 Å². The van der Waals surface area contributed by atoms with Crippen LogP contribution in [0.5, 0.6) is 5.88 Å². The molecule has 2 aromatic rings. The van der Waals surface area contributed by atoms with E-state index in [0.717, 1.165) is 0 Å². The van der Waals surface area contributed by atoms with Gasteiger partial charge in [-0.1, -0.05) is 0 Å². The van der Waals surface area contributed by atoms with Gasteiger partial charge in [0.1, 0.15) is 34.2 Å². The molecule has 1 aliphatic heterocycles. The summed E-state index contributed by atoms with van der Waals surface area (Å²) in [6.07, 6.45) is 1.90. The van der Waals surface area contributed by atoms with Crippen molar-refractivity contribution in [2.24, 2.45) is 0 Å². The molecule has 0 spiro atoms. The quantitative estimate of drug-likeness (QED) is 0.785. The number of nitrogens with zero attached hydrogens (tertiary/aromatic N) is 5. The lowest BCUT2D eigenvalue weighted by molar-refractivity contribution is 0.203. The second kappa shape index (κ2) is 5.34. The lowest BCUT2D eigenvalue weighted by Crippen LogP contribution is -2.19. The number of aliphatic hydroxyl groups excluding tert-OH is 1. The third-order valence-electron chi connectivity index (χ3n) is 2.97. The normalized spacial score (nSPS) is 16.3. The van der Waals surface area contributed by atoms with Crippen molar-refractivity contribution in [1.29, 1.82) is 0 Å². The summed E-state index contributed by atoms with van der Waals surface area (Å²) in [4.78, 5) is 18.6. The van der Waals surface area contributed by atoms with Crippen LogP contribution in [0.15, 0.2) is 22.7 Å². The minimum absolute atomic E-state index is 0.374. The average molecular weight is 306 g/mol. The minimum atomic E-state index is -0.979. The highest BCUT2D eigenvalue weighted by Crippen LogP contribution is 2.44. The van der Waals surface area contributed by atoms with Gasteiger partial charge in [-0.15, -0.1) is 0 Å². The molecule has 110 valence electrons. The summed E-state index contributed by atoms with van der Waals surface area (Å²) < 4.78 is 5.21. The Morgan fingerprint density at radius 3 is 2.62 bits per heavy atom. The Morgan fingerprint density at radius 1 is 1.19 bits per heavy atom. The molecule has 0 saturated carbocycles. The lowest BCUT2D eigenvalue weighted by atomic mass is 10.2. The number of methoxy groups -OCH3 is 1. The summed E-state index contributed by atoms with van der Waals surface area (Å²) >= 11 is 1.34.